The average Bonchev–Trinajstić information content (AvgIpc) is 2.46. The van der Waals surface area contributed by atoms with E-state index in [4.69, 9.17) is 0 Å². The van der Waals surface area contributed by atoms with E-state index < -0.39 is 5.82 Å². The number of carbonyl (C=O) groups is 1. The molecule has 0 N–H and O–H groups in total. The van der Waals surface area contributed by atoms with Gasteiger partial charge in [-0.25, -0.2) is 4.39 Å². The molecule has 0 aliphatic carbocycles. The Balaban J connectivity index is 2.05. The van der Waals surface area contributed by atoms with Crippen LogP contribution < -0.4 is 4.90 Å². The summed E-state index contributed by atoms with van der Waals surface area (Å²) in [6.07, 6.45) is 1.84. The van der Waals surface area contributed by atoms with Crippen molar-refractivity contribution in [1.82, 2.24) is 0 Å². The summed E-state index contributed by atoms with van der Waals surface area (Å²) in [5.74, 6) is -0.774. The van der Waals surface area contributed by atoms with Gasteiger partial charge in [-0.05, 0) is 49.6 Å². The normalized spacial score (nSPS) is 17.5. The van der Waals surface area contributed by atoms with Gasteiger partial charge in [-0.2, -0.15) is 0 Å². The number of fused-ring (bicyclic) bond motifs is 1. The van der Waals surface area contributed by atoms with Crippen molar-refractivity contribution in [1.29, 1.82) is 0 Å². The van der Waals surface area contributed by atoms with E-state index in [1.807, 2.05) is 31.2 Å². The SMILES string of the molecule is CC1CCc2ccccc2N1C(=O)c1ccc(Br)cc1F. The monoisotopic (exact) mass is 347 g/mol. The highest BCUT2D eigenvalue weighted by Gasteiger charge is 2.30. The van der Waals surface area contributed by atoms with Gasteiger partial charge < -0.3 is 4.90 Å². The molecule has 3 rings (SSSR count). The summed E-state index contributed by atoms with van der Waals surface area (Å²) in [5.41, 5.74) is 2.15. The molecular weight excluding hydrogens is 333 g/mol. The third-order valence-electron chi connectivity index (χ3n) is 3.90. The molecule has 0 bridgehead atoms. The first-order valence-electron chi connectivity index (χ1n) is 6.94. The largest absolute Gasteiger partial charge is 0.305 e. The molecule has 1 heterocycles. The van der Waals surface area contributed by atoms with Crippen LogP contribution in [0.2, 0.25) is 0 Å². The fourth-order valence-corrected chi connectivity index (χ4v) is 3.12. The fourth-order valence-electron chi connectivity index (χ4n) is 2.79. The lowest BCUT2D eigenvalue weighted by Gasteiger charge is -2.35. The van der Waals surface area contributed by atoms with Crippen molar-refractivity contribution in [3.63, 3.8) is 0 Å². The van der Waals surface area contributed by atoms with Gasteiger partial charge in [-0.3, -0.25) is 4.79 Å². The minimum absolute atomic E-state index is 0.0652. The Hall–Kier alpha value is -1.68. The summed E-state index contributed by atoms with van der Waals surface area (Å²) < 4.78 is 14.7. The van der Waals surface area contributed by atoms with E-state index in [-0.39, 0.29) is 17.5 Å². The van der Waals surface area contributed by atoms with Crippen molar-refractivity contribution in [2.24, 2.45) is 0 Å². The lowest BCUT2D eigenvalue weighted by atomic mass is 9.95. The second kappa shape index (κ2) is 5.60. The Morgan fingerprint density at radius 1 is 1.29 bits per heavy atom. The molecule has 2 nitrogen and oxygen atoms in total. The minimum atomic E-state index is -0.496. The van der Waals surface area contributed by atoms with Crippen molar-refractivity contribution < 1.29 is 9.18 Å². The quantitative estimate of drug-likeness (QED) is 0.739. The number of para-hydroxylation sites is 1. The number of benzene rings is 2. The fraction of sp³-hybridized carbons (Fsp3) is 0.235. The van der Waals surface area contributed by atoms with Crippen LogP contribution in [0.3, 0.4) is 0 Å². The molecule has 0 fully saturated rings. The molecule has 1 amide bonds. The molecule has 2 aromatic rings. The van der Waals surface area contributed by atoms with Gasteiger partial charge in [0.15, 0.2) is 0 Å². The highest BCUT2D eigenvalue weighted by atomic mass is 79.9. The molecule has 1 atom stereocenters. The third kappa shape index (κ3) is 2.60. The van der Waals surface area contributed by atoms with E-state index in [0.29, 0.717) is 4.47 Å². The first kappa shape index (κ1) is 14.3. The molecule has 0 saturated heterocycles. The maximum Gasteiger partial charge on any atom is 0.261 e. The summed E-state index contributed by atoms with van der Waals surface area (Å²) in [6, 6.07) is 12.5. The van der Waals surface area contributed by atoms with Crippen molar-refractivity contribution in [3.05, 3.63) is 63.9 Å². The van der Waals surface area contributed by atoms with Gasteiger partial charge in [0, 0.05) is 16.2 Å². The van der Waals surface area contributed by atoms with Crippen molar-refractivity contribution in [2.75, 3.05) is 4.90 Å². The number of rotatable bonds is 1. The lowest BCUT2D eigenvalue weighted by molar-refractivity contribution is 0.0971. The highest BCUT2D eigenvalue weighted by molar-refractivity contribution is 9.10. The molecule has 1 unspecified atom stereocenters. The van der Waals surface area contributed by atoms with E-state index in [0.717, 1.165) is 24.1 Å². The van der Waals surface area contributed by atoms with Crippen LogP contribution in [0.5, 0.6) is 0 Å². The molecule has 1 aliphatic heterocycles. The van der Waals surface area contributed by atoms with Crippen LogP contribution in [0, 0.1) is 5.82 Å². The molecule has 0 radical (unpaired) electrons. The first-order valence-corrected chi connectivity index (χ1v) is 7.74. The third-order valence-corrected chi connectivity index (χ3v) is 4.40. The Kier molecular flexibility index (Phi) is 3.81. The van der Waals surface area contributed by atoms with Gasteiger partial charge in [-0.1, -0.05) is 34.1 Å². The molecule has 1 aliphatic rings. The zero-order valence-electron chi connectivity index (χ0n) is 11.6. The molecule has 0 saturated carbocycles. The maximum absolute atomic E-state index is 14.1. The van der Waals surface area contributed by atoms with E-state index >= 15 is 0 Å². The van der Waals surface area contributed by atoms with Gasteiger partial charge in [0.2, 0.25) is 0 Å². The van der Waals surface area contributed by atoms with Gasteiger partial charge in [0.25, 0.3) is 5.91 Å². The summed E-state index contributed by atoms with van der Waals surface area (Å²) in [7, 11) is 0. The zero-order valence-corrected chi connectivity index (χ0v) is 13.2. The number of aryl methyl sites for hydroxylation is 1. The molecule has 108 valence electrons. The smallest absolute Gasteiger partial charge is 0.261 e. The molecule has 21 heavy (non-hydrogen) atoms. The lowest BCUT2D eigenvalue weighted by Crippen LogP contribution is -2.42. The van der Waals surface area contributed by atoms with Crippen molar-refractivity contribution in [3.8, 4) is 0 Å². The predicted octanol–water partition coefficient (Wildman–Crippen LogP) is 4.57. The number of anilines is 1. The number of nitrogens with zero attached hydrogens (tertiary/aromatic N) is 1. The van der Waals surface area contributed by atoms with Gasteiger partial charge in [0.1, 0.15) is 5.82 Å². The Labute approximate surface area is 131 Å². The first-order chi connectivity index (χ1) is 10.1. The Morgan fingerprint density at radius 2 is 2.05 bits per heavy atom. The average molecular weight is 348 g/mol. The van der Waals surface area contributed by atoms with Crippen LogP contribution in [0.1, 0.15) is 29.3 Å². The van der Waals surface area contributed by atoms with Crippen LogP contribution in [0.4, 0.5) is 10.1 Å². The van der Waals surface area contributed by atoms with E-state index in [9.17, 15) is 9.18 Å². The Morgan fingerprint density at radius 3 is 2.81 bits per heavy atom. The Bertz CT molecular complexity index is 701. The summed E-state index contributed by atoms with van der Waals surface area (Å²) in [5, 5.41) is 0. The minimum Gasteiger partial charge on any atom is -0.305 e. The molecular formula is C17H15BrFNO. The molecule has 2 aromatic carbocycles. The van der Waals surface area contributed by atoms with Crippen LogP contribution in [-0.2, 0) is 6.42 Å². The molecule has 0 spiro atoms. The second-order valence-corrected chi connectivity index (χ2v) is 6.23. The van der Waals surface area contributed by atoms with E-state index in [1.54, 1.807) is 11.0 Å². The standard InChI is InChI=1S/C17H15BrFNO/c1-11-6-7-12-4-2-3-5-16(12)20(11)17(21)14-9-8-13(18)10-15(14)19/h2-5,8-11H,6-7H2,1H3. The summed E-state index contributed by atoms with van der Waals surface area (Å²) in [6.45, 7) is 2.00. The number of halogens is 2. The van der Waals surface area contributed by atoms with Gasteiger partial charge in [-0.15, -0.1) is 0 Å². The summed E-state index contributed by atoms with van der Waals surface area (Å²) in [4.78, 5) is 14.5. The zero-order chi connectivity index (χ0) is 15.0. The van der Waals surface area contributed by atoms with Crippen molar-refractivity contribution >= 4 is 27.5 Å². The van der Waals surface area contributed by atoms with E-state index in [1.165, 1.54) is 12.1 Å². The second-order valence-electron chi connectivity index (χ2n) is 5.32. The van der Waals surface area contributed by atoms with Crippen LogP contribution in [0.15, 0.2) is 46.9 Å². The van der Waals surface area contributed by atoms with Crippen LogP contribution in [0.25, 0.3) is 0 Å². The van der Waals surface area contributed by atoms with Crippen molar-refractivity contribution in [2.45, 2.75) is 25.8 Å². The molecule has 0 aromatic heterocycles. The molecule has 4 heteroatoms. The summed E-state index contributed by atoms with van der Waals surface area (Å²) >= 11 is 3.21. The van der Waals surface area contributed by atoms with Crippen LogP contribution in [-0.4, -0.2) is 11.9 Å². The number of amides is 1. The van der Waals surface area contributed by atoms with Gasteiger partial charge >= 0.3 is 0 Å². The number of carbonyl (C=O) groups excluding carboxylic acids is 1. The number of hydrogen-bond acceptors (Lipinski definition) is 1. The maximum atomic E-state index is 14.1. The van der Waals surface area contributed by atoms with E-state index in [2.05, 4.69) is 15.9 Å². The van der Waals surface area contributed by atoms with Gasteiger partial charge in [0.05, 0.1) is 5.56 Å². The predicted molar refractivity (Wildman–Crippen MR) is 85.1 cm³/mol. The van der Waals surface area contributed by atoms with Crippen LogP contribution >= 0.6 is 15.9 Å². The highest BCUT2D eigenvalue weighted by Crippen LogP contribution is 2.32. The number of hydrogen-bond donors (Lipinski definition) is 0. The topological polar surface area (TPSA) is 20.3 Å².